The molecular formula is C10H16N2O. The third kappa shape index (κ3) is 2.41. The van der Waals surface area contributed by atoms with Gasteiger partial charge in [0.1, 0.15) is 0 Å². The van der Waals surface area contributed by atoms with E-state index in [1.165, 1.54) is 11.6 Å². The molecule has 1 aromatic rings. The van der Waals surface area contributed by atoms with Gasteiger partial charge >= 0.3 is 0 Å². The van der Waals surface area contributed by atoms with Gasteiger partial charge < -0.3 is 0 Å². The summed E-state index contributed by atoms with van der Waals surface area (Å²) >= 11 is 0. The van der Waals surface area contributed by atoms with Gasteiger partial charge in [-0.2, -0.15) is 5.10 Å². The number of carbonyl (C=O) groups is 1. The van der Waals surface area contributed by atoms with Crippen LogP contribution in [0, 0.1) is 6.92 Å². The molecule has 0 fully saturated rings. The molecule has 0 aliphatic carbocycles. The zero-order valence-corrected chi connectivity index (χ0v) is 8.50. The van der Waals surface area contributed by atoms with Crippen molar-refractivity contribution in [2.75, 3.05) is 0 Å². The second-order valence-corrected chi connectivity index (χ2v) is 3.31. The second kappa shape index (κ2) is 4.21. The molecule has 3 nitrogen and oxygen atoms in total. The van der Waals surface area contributed by atoms with Crippen LogP contribution in [-0.4, -0.2) is 15.7 Å². The summed E-state index contributed by atoms with van der Waals surface area (Å²) < 4.78 is 1.46. The Morgan fingerprint density at radius 2 is 2.31 bits per heavy atom. The SMILES string of the molecule is CCCCc1cc(C)n(C(C)=O)n1. The van der Waals surface area contributed by atoms with Crippen molar-refractivity contribution in [3.05, 3.63) is 17.5 Å². The molecule has 0 aliphatic rings. The summed E-state index contributed by atoms with van der Waals surface area (Å²) in [7, 11) is 0. The van der Waals surface area contributed by atoms with E-state index in [-0.39, 0.29) is 5.91 Å². The number of unbranched alkanes of at least 4 members (excludes halogenated alkanes) is 1. The van der Waals surface area contributed by atoms with E-state index in [1.54, 1.807) is 0 Å². The van der Waals surface area contributed by atoms with Gasteiger partial charge in [0.15, 0.2) is 0 Å². The van der Waals surface area contributed by atoms with Crippen LogP contribution in [0.2, 0.25) is 0 Å². The Balaban J connectivity index is 2.76. The molecule has 0 N–H and O–H groups in total. The highest BCUT2D eigenvalue weighted by Crippen LogP contribution is 2.06. The van der Waals surface area contributed by atoms with E-state index in [9.17, 15) is 4.79 Å². The molecule has 0 aromatic carbocycles. The highest BCUT2D eigenvalue weighted by Gasteiger charge is 2.06. The van der Waals surface area contributed by atoms with Gasteiger partial charge in [0, 0.05) is 12.6 Å². The zero-order valence-electron chi connectivity index (χ0n) is 8.50. The molecule has 1 heterocycles. The lowest BCUT2D eigenvalue weighted by atomic mass is 10.2. The normalized spacial score (nSPS) is 10.4. The van der Waals surface area contributed by atoms with Crippen molar-refractivity contribution in [3.8, 4) is 0 Å². The van der Waals surface area contributed by atoms with Crippen molar-refractivity contribution >= 4 is 5.91 Å². The van der Waals surface area contributed by atoms with Gasteiger partial charge in [-0.05, 0) is 25.8 Å². The molecule has 0 aliphatic heterocycles. The first-order valence-electron chi connectivity index (χ1n) is 4.71. The third-order valence-electron chi connectivity index (χ3n) is 2.02. The molecule has 0 spiro atoms. The molecule has 0 bridgehead atoms. The number of nitrogens with zero attached hydrogens (tertiary/aromatic N) is 2. The first kappa shape index (κ1) is 9.96. The summed E-state index contributed by atoms with van der Waals surface area (Å²) in [5.41, 5.74) is 1.95. The lowest BCUT2D eigenvalue weighted by Crippen LogP contribution is -2.09. The molecule has 1 rings (SSSR count). The summed E-state index contributed by atoms with van der Waals surface area (Å²) in [6.45, 7) is 5.59. The average Bonchev–Trinajstić information content (AvgIpc) is 2.43. The van der Waals surface area contributed by atoms with Gasteiger partial charge in [-0.1, -0.05) is 13.3 Å². The predicted octanol–water partition coefficient (Wildman–Crippen LogP) is 2.19. The maximum Gasteiger partial charge on any atom is 0.243 e. The average molecular weight is 180 g/mol. The van der Waals surface area contributed by atoms with E-state index in [0.717, 1.165) is 30.7 Å². The largest absolute Gasteiger partial charge is 0.273 e. The van der Waals surface area contributed by atoms with Crippen molar-refractivity contribution in [2.45, 2.75) is 40.0 Å². The van der Waals surface area contributed by atoms with Crippen LogP contribution in [0.25, 0.3) is 0 Å². The maximum atomic E-state index is 11.1. The standard InChI is InChI=1S/C10H16N2O/c1-4-5-6-10-7-8(2)12(11-10)9(3)13/h7H,4-6H2,1-3H3. The number of hydrogen-bond acceptors (Lipinski definition) is 2. The topological polar surface area (TPSA) is 34.9 Å². The fourth-order valence-electron chi connectivity index (χ4n) is 1.34. The van der Waals surface area contributed by atoms with Crippen LogP contribution >= 0.6 is 0 Å². The first-order chi connectivity index (χ1) is 6.15. The number of aromatic nitrogens is 2. The molecule has 72 valence electrons. The zero-order chi connectivity index (χ0) is 9.84. The molecular weight excluding hydrogens is 164 g/mol. The van der Waals surface area contributed by atoms with E-state index in [1.807, 2.05) is 13.0 Å². The molecule has 0 saturated carbocycles. The van der Waals surface area contributed by atoms with Gasteiger partial charge in [-0.15, -0.1) is 0 Å². The van der Waals surface area contributed by atoms with Crippen LogP contribution in [0.3, 0.4) is 0 Å². The monoisotopic (exact) mass is 180 g/mol. The van der Waals surface area contributed by atoms with Gasteiger partial charge in [0.25, 0.3) is 0 Å². The third-order valence-corrected chi connectivity index (χ3v) is 2.02. The van der Waals surface area contributed by atoms with E-state index >= 15 is 0 Å². The number of rotatable bonds is 3. The van der Waals surface area contributed by atoms with Gasteiger partial charge in [0.2, 0.25) is 5.91 Å². The van der Waals surface area contributed by atoms with E-state index in [0.29, 0.717) is 0 Å². The van der Waals surface area contributed by atoms with Gasteiger partial charge in [-0.3, -0.25) is 4.79 Å². The lowest BCUT2D eigenvalue weighted by Gasteiger charge is -1.95. The molecule has 0 radical (unpaired) electrons. The quantitative estimate of drug-likeness (QED) is 0.714. The number of carbonyl (C=O) groups excluding carboxylic acids is 1. The summed E-state index contributed by atoms with van der Waals surface area (Å²) in [5.74, 6) is -0.0137. The minimum atomic E-state index is -0.0137. The number of hydrogen-bond donors (Lipinski definition) is 0. The van der Waals surface area contributed by atoms with Gasteiger partial charge in [-0.25, -0.2) is 4.68 Å². The van der Waals surface area contributed by atoms with Crippen LogP contribution in [0.4, 0.5) is 0 Å². The van der Waals surface area contributed by atoms with E-state index in [4.69, 9.17) is 0 Å². The summed E-state index contributed by atoms with van der Waals surface area (Å²) in [6, 6.07) is 1.98. The van der Waals surface area contributed by atoms with Crippen molar-refractivity contribution in [1.29, 1.82) is 0 Å². The number of aryl methyl sites for hydroxylation is 2. The van der Waals surface area contributed by atoms with Crippen molar-refractivity contribution in [3.63, 3.8) is 0 Å². The van der Waals surface area contributed by atoms with Crippen LogP contribution in [0.15, 0.2) is 6.07 Å². The summed E-state index contributed by atoms with van der Waals surface area (Å²) in [5, 5.41) is 4.21. The minimum absolute atomic E-state index is 0.0137. The summed E-state index contributed by atoms with van der Waals surface area (Å²) in [6.07, 6.45) is 3.26. The molecule has 13 heavy (non-hydrogen) atoms. The Bertz CT molecular complexity index is 302. The molecule has 0 saturated heterocycles. The Labute approximate surface area is 78.8 Å². The highest BCUT2D eigenvalue weighted by atomic mass is 16.2. The van der Waals surface area contributed by atoms with Crippen molar-refractivity contribution in [1.82, 2.24) is 9.78 Å². The molecule has 0 atom stereocenters. The molecule has 3 heteroatoms. The van der Waals surface area contributed by atoms with Crippen LogP contribution in [-0.2, 0) is 6.42 Å². The smallest absolute Gasteiger partial charge is 0.243 e. The Morgan fingerprint density at radius 1 is 1.62 bits per heavy atom. The fraction of sp³-hybridized carbons (Fsp3) is 0.600. The van der Waals surface area contributed by atoms with E-state index in [2.05, 4.69) is 12.0 Å². The lowest BCUT2D eigenvalue weighted by molar-refractivity contribution is 0.0918. The van der Waals surface area contributed by atoms with Gasteiger partial charge in [0.05, 0.1) is 5.69 Å². The predicted molar refractivity (Wildman–Crippen MR) is 51.9 cm³/mol. The Hall–Kier alpha value is -1.12. The van der Waals surface area contributed by atoms with Crippen LogP contribution in [0.1, 0.15) is 42.9 Å². The van der Waals surface area contributed by atoms with Crippen LogP contribution < -0.4 is 0 Å². The summed E-state index contributed by atoms with van der Waals surface area (Å²) in [4.78, 5) is 11.1. The van der Waals surface area contributed by atoms with E-state index < -0.39 is 0 Å². The molecule has 1 aromatic heterocycles. The Morgan fingerprint density at radius 3 is 2.77 bits per heavy atom. The molecule has 0 unspecified atom stereocenters. The van der Waals surface area contributed by atoms with Crippen molar-refractivity contribution in [2.24, 2.45) is 0 Å². The fourth-order valence-corrected chi connectivity index (χ4v) is 1.34. The van der Waals surface area contributed by atoms with Crippen LogP contribution in [0.5, 0.6) is 0 Å². The first-order valence-corrected chi connectivity index (χ1v) is 4.71. The second-order valence-electron chi connectivity index (χ2n) is 3.31. The minimum Gasteiger partial charge on any atom is -0.273 e. The maximum absolute atomic E-state index is 11.1. The Kier molecular flexibility index (Phi) is 3.23. The highest BCUT2D eigenvalue weighted by molar-refractivity contribution is 5.75. The molecule has 0 amide bonds. The van der Waals surface area contributed by atoms with Crippen molar-refractivity contribution < 1.29 is 4.79 Å².